The molecule has 1 atom stereocenters. The van der Waals surface area contributed by atoms with Gasteiger partial charge in [0.05, 0.1) is 6.42 Å². The topological polar surface area (TPSA) is 66.6 Å². The van der Waals surface area contributed by atoms with Crippen LogP contribution in [0, 0.1) is 0 Å². The summed E-state index contributed by atoms with van der Waals surface area (Å²) in [4.78, 5) is 10.5. The van der Waals surface area contributed by atoms with Crippen molar-refractivity contribution in [3.05, 3.63) is 35.9 Å². The fourth-order valence-electron chi connectivity index (χ4n) is 1.32. The monoisotopic (exact) mass is 208 g/mol. The molecule has 0 amide bonds. The van der Waals surface area contributed by atoms with Gasteiger partial charge in [-0.3, -0.25) is 10.6 Å². The average Bonchev–Trinajstić information content (AvgIpc) is 2.18. The van der Waals surface area contributed by atoms with Crippen LogP contribution in [0.4, 0.5) is 0 Å². The molecule has 1 rings (SSSR count). The van der Waals surface area contributed by atoms with Crippen LogP contribution < -0.4 is 5.84 Å². The van der Waals surface area contributed by atoms with E-state index in [0.717, 1.165) is 5.56 Å². The first-order valence-electron chi connectivity index (χ1n) is 4.86. The summed E-state index contributed by atoms with van der Waals surface area (Å²) in [5, 5.41) is 10.2. The van der Waals surface area contributed by atoms with Crippen LogP contribution in [0.5, 0.6) is 0 Å². The van der Waals surface area contributed by atoms with Crippen molar-refractivity contribution >= 4 is 5.97 Å². The van der Waals surface area contributed by atoms with E-state index >= 15 is 0 Å². The third kappa shape index (κ3) is 4.10. The maximum Gasteiger partial charge on any atom is 0.304 e. The van der Waals surface area contributed by atoms with Gasteiger partial charge < -0.3 is 5.11 Å². The van der Waals surface area contributed by atoms with Gasteiger partial charge >= 0.3 is 5.97 Å². The van der Waals surface area contributed by atoms with Gasteiger partial charge in [0.2, 0.25) is 0 Å². The van der Waals surface area contributed by atoms with Gasteiger partial charge in [0, 0.05) is 12.6 Å². The van der Waals surface area contributed by atoms with Gasteiger partial charge in [0.25, 0.3) is 0 Å². The molecule has 4 heteroatoms. The van der Waals surface area contributed by atoms with E-state index in [1.165, 1.54) is 0 Å². The number of benzene rings is 1. The largest absolute Gasteiger partial charge is 0.481 e. The van der Waals surface area contributed by atoms with Crippen LogP contribution in [0.2, 0.25) is 0 Å². The number of rotatable bonds is 5. The highest BCUT2D eigenvalue weighted by Crippen LogP contribution is 2.06. The molecule has 82 valence electrons. The van der Waals surface area contributed by atoms with Crippen LogP contribution >= 0.6 is 0 Å². The van der Waals surface area contributed by atoms with Gasteiger partial charge in [0.15, 0.2) is 0 Å². The molecule has 0 aliphatic heterocycles. The van der Waals surface area contributed by atoms with Crippen molar-refractivity contribution in [1.82, 2.24) is 5.01 Å². The zero-order valence-corrected chi connectivity index (χ0v) is 8.76. The first kappa shape index (κ1) is 11.7. The van der Waals surface area contributed by atoms with Crippen molar-refractivity contribution in [3.63, 3.8) is 0 Å². The van der Waals surface area contributed by atoms with Crippen molar-refractivity contribution in [2.24, 2.45) is 5.84 Å². The summed E-state index contributed by atoms with van der Waals surface area (Å²) >= 11 is 0. The van der Waals surface area contributed by atoms with Gasteiger partial charge in [-0.2, -0.15) is 0 Å². The number of carboxylic acids is 1. The van der Waals surface area contributed by atoms with Gasteiger partial charge in [0.1, 0.15) is 0 Å². The van der Waals surface area contributed by atoms with Crippen LogP contribution in [0.15, 0.2) is 30.3 Å². The molecule has 0 aromatic heterocycles. The average molecular weight is 208 g/mol. The van der Waals surface area contributed by atoms with Gasteiger partial charge in [-0.25, -0.2) is 5.01 Å². The second-order valence-electron chi connectivity index (χ2n) is 3.60. The number of hydrogen-bond acceptors (Lipinski definition) is 3. The SMILES string of the molecule is CC(CC(=O)O)N(N)Cc1ccccc1. The van der Waals surface area contributed by atoms with Crippen LogP contribution in [-0.2, 0) is 11.3 Å². The molecular formula is C11H16N2O2. The maximum absolute atomic E-state index is 10.5. The lowest BCUT2D eigenvalue weighted by Crippen LogP contribution is -2.39. The minimum atomic E-state index is -0.828. The third-order valence-corrected chi connectivity index (χ3v) is 2.24. The Morgan fingerprint density at radius 3 is 2.60 bits per heavy atom. The van der Waals surface area contributed by atoms with Crippen LogP contribution in [0.1, 0.15) is 18.9 Å². The molecule has 0 aliphatic carbocycles. The first-order chi connectivity index (χ1) is 7.09. The van der Waals surface area contributed by atoms with E-state index in [4.69, 9.17) is 10.9 Å². The molecule has 1 unspecified atom stereocenters. The minimum absolute atomic E-state index is 0.0589. The Morgan fingerprint density at radius 2 is 2.07 bits per heavy atom. The molecule has 0 saturated carbocycles. The summed E-state index contributed by atoms with van der Waals surface area (Å²) in [6.45, 7) is 2.37. The molecular weight excluding hydrogens is 192 g/mol. The second-order valence-corrected chi connectivity index (χ2v) is 3.60. The van der Waals surface area contributed by atoms with Gasteiger partial charge in [-0.15, -0.1) is 0 Å². The predicted molar refractivity (Wildman–Crippen MR) is 57.9 cm³/mol. The van der Waals surface area contributed by atoms with E-state index in [1.54, 1.807) is 11.9 Å². The third-order valence-electron chi connectivity index (χ3n) is 2.24. The smallest absolute Gasteiger partial charge is 0.304 e. The van der Waals surface area contributed by atoms with Gasteiger partial charge in [-0.05, 0) is 12.5 Å². The van der Waals surface area contributed by atoms with E-state index in [0.29, 0.717) is 6.54 Å². The summed E-state index contributed by atoms with van der Waals surface area (Å²) in [6.07, 6.45) is 0.0589. The van der Waals surface area contributed by atoms with Gasteiger partial charge in [-0.1, -0.05) is 30.3 Å². The molecule has 1 aromatic carbocycles. The van der Waals surface area contributed by atoms with E-state index in [-0.39, 0.29) is 12.5 Å². The van der Waals surface area contributed by atoms with E-state index in [9.17, 15) is 4.79 Å². The Balaban J connectivity index is 2.48. The summed E-state index contributed by atoms with van der Waals surface area (Å²) in [7, 11) is 0. The van der Waals surface area contributed by atoms with E-state index in [2.05, 4.69) is 0 Å². The quantitative estimate of drug-likeness (QED) is 0.564. The summed E-state index contributed by atoms with van der Waals surface area (Å²) in [6, 6.07) is 9.57. The predicted octanol–water partition coefficient (Wildman–Crippen LogP) is 1.23. The highest BCUT2D eigenvalue weighted by Gasteiger charge is 2.13. The zero-order chi connectivity index (χ0) is 11.3. The lowest BCUT2D eigenvalue weighted by Gasteiger charge is -2.22. The van der Waals surface area contributed by atoms with Crippen molar-refractivity contribution in [2.75, 3.05) is 0 Å². The van der Waals surface area contributed by atoms with Crippen molar-refractivity contribution in [2.45, 2.75) is 25.9 Å². The molecule has 0 heterocycles. The fraction of sp³-hybridized carbons (Fsp3) is 0.364. The molecule has 1 aromatic rings. The number of hydrazine groups is 1. The Kier molecular flexibility index (Phi) is 4.27. The fourth-order valence-corrected chi connectivity index (χ4v) is 1.32. The molecule has 3 N–H and O–H groups in total. The Bertz CT molecular complexity index is 314. The first-order valence-corrected chi connectivity index (χ1v) is 4.86. The lowest BCUT2D eigenvalue weighted by atomic mass is 10.2. The molecule has 0 spiro atoms. The molecule has 0 saturated heterocycles. The Morgan fingerprint density at radius 1 is 1.47 bits per heavy atom. The molecule has 0 bridgehead atoms. The molecule has 0 aliphatic rings. The summed E-state index contributed by atoms with van der Waals surface area (Å²) < 4.78 is 0. The van der Waals surface area contributed by atoms with Crippen LogP contribution in [0.3, 0.4) is 0 Å². The van der Waals surface area contributed by atoms with Crippen LogP contribution in [0.25, 0.3) is 0 Å². The normalized spacial score (nSPS) is 12.7. The standard InChI is InChI=1S/C11H16N2O2/c1-9(7-11(14)15)13(12)8-10-5-3-2-4-6-10/h2-6,9H,7-8,12H2,1H3,(H,14,15). The maximum atomic E-state index is 10.5. The van der Waals surface area contributed by atoms with Crippen LogP contribution in [-0.4, -0.2) is 22.1 Å². The summed E-state index contributed by atoms with van der Waals surface area (Å²) in [5.41, 5.74) is 1.08. The van der Waals surface area contributed by atoms with Crippen molar-refractivity contribution in [1.29, 1.82) is 0 Å². The zero-order valence-electron chi connectivity index (χ0n) is 8.76. The molecule has 15 heavy (non-hydrogen) atoms. The number of nitrogens with two attached hydrogens (primary N) is 1. The highest BCUT2D eigenvalue weighted by atomic mass is 16.4. The number of carbonyl (C=O) groups is 1. The number of aliphatic carboxylic acids is 1. The molecule has 4 nitrogen and oxygen atoms in total. The van der Waals surface area contributed by atoms with Crippen molar-refractivity contribution in [3.8, 4) is 0 Å². The number of nitrogens with zero attached hydrogens (tertiary/aromatic N) is 1. The number of carboxylic acid groups (broad SMARTS) is 1. The summed E-state index contributed by atoms with van der Waals surface area (Å²) in [5.74, 6) is 4.94. The molecule has 0 fully saturated rings. The molecule has 0 radical (unpaired) electrons. The second kappa shape index (κ2) is 5.48. The van der Waals surface area contributed by atoms with Crippen molar-refractivity contribution < 1.29 is 9.90 Å². The lowest BCUT2D eigenvalue weighted by molar-refractivity contribution is -0.138. The van der Waals surface area contributed by atoms with E-state index in [1.807, 2.05) is 30.3 Å². The Labute approximate surface area is 89.3 Å². The Hall–Kier alpha value is -1.39. The van der Waals surface area contributed by atoms with E-state index < -0.39 is 5.97 Å². The number of hydrogen-bond donors (Lipinski definition) is 2. The minimum Gasteiger partial charge on any atom is -0.481 e. The highest BCUT2D eigenvalue weighted by molar-refractivity contribution is 5.67.